The van der Waals surface area contributed by atoms with Crippen molar-refractivity contribution in [2.24, 2.45) is 0 Å². The van der Waals surface area contributed by atoms with Gasteiger partial charge in [0.05, 0.1) is 25.9 Å². The fraction of sp³-hybridized carbons (Fsp3) is 0.562. The molecule has 2 rings (SSSR count). The van der Waals surface area contributed by atoms with Crippen LogP contribution in [0.4, 0.5) is 0 Å². The highest BCUT2D eigenvalue weighted by Crippen LogP contribution is 2.26. The van der Waals surface area contributed by atoms with Gasteiger partial charge in [0.25, 0.3) is 0 Å². The lowest BCUT2D eigenvalue weighted by atomic mass is 9.91. The average Bonchev–Trinajstić information content (AvgIpc) is 2.48. The second kappa shape index (κ2) is 6.77. The van der Waals surface area contributed by atoms with Gasteiger partial charge >= 0.3 is 0 Å². The molecule has 0 saturated carbocycles. The van der Waals surface area contributed by atoms with E-state index >= 15 is 0 Å². The van der Waals surface area contributed by atoms with Gasteiger partial charge in [-0.2, -0.15) is 0 Å². The molecule has 1 aliphatic heterocycles. The van der Waals surface area contributed by atoms with Crippen LogP contribution < -0.4 is 4.74 Å². The predicted octanol–water partition coefficient (Wildman–Crippen LogP) is 2.57. The third-order valence-electron chi connectivity index (χ3n) is 4.08. The Kier molecular flexibility index (Phi) is 5.25. The van der Waals surface area contributed by atoms with Gasteiger partial charge in [0.15, 0.2) is 5.78 Å². The number of halogens is 1. The van der Waals surface area contributed by atoms with Gasteiger partial charge in [-0.3, -0.25) is 9.69 Å². The molecule has 1 saturated heterocycles. The van der Waals surface area contributed by atoms with Crippen molar-refractivity contribution in [3.8, 4) is 5.75 Å². The van der Waals surface area contributed by atoms with Crippen LogP contribution in [-0.2, 0) is 16.0 Å². The first-order valence-corrected chi connectivity index (χ1v) is 7.51. The molecule has 0 atom stereocenters. The Morgan fingerprint density at radius 2 is 2.05 bits per heavy atom. The van der Waals surface area contributed by atoms with Gasteiger partial charge in [-0.05, 0) is 32.0 Å². The number of benzene rings is 1. The van der Waals surface area contributed by atoms with Crippen LogP contribution in [0.15, 0.2) is 18.2 Å². The molecule has 1 heterocycles. The first-order valence-electron chi connectivity index (χ1n) is 7.13. The summed E-state index contributed by atoms with van der Waals surface area (Å²) in [5.74, 6) is 0.857. The van der Waals surface area contributed by atoms with Crippen molar-refractivity contribution >= 4 is 17.4 Å². The molecule has 0 amide bonds. The summed E-state index contributed by atoms with van der Waals surface area (Å²) in [5.41, 5.74) is 0.313. The van der Waals surface area contributed by atoms with Crippen LogP contribution in [0.1, 0.15) is 19.4 Å². The van der Waals surface area contributed by atoms with Crippen LogP contribution >= 0.6 is 11.6 Å². The molecule has 0 bridgehead atoms. The number of ether oxygens (including phenoxy) is 2. The molecule has 1 fully saturated rings. The molecule has 1 aromatic carbocycles. The summed E-state index contributed by atoms with van der Waals surface area (Å²) in [6, 6.07) is 5.36. The lowest BCUT2D eigenvalue weighted by molar-refractivity contribution is -0.131. The number of Topliss-reactive ketones (excluding diaryl/α,β-unsaturated/α-hetero) is 1. The molecule has 0 aromatic heterocycles. The van der Waals surface area contributed by atoms with Gasteiger partial charge in [0, 0.05) is 30.1 Å². The number of carbonyl (C=O) groups excluding carboxylic acids is 1. The third kappa shape index (κ3) is 3.76. The highest BCUT2D eigenvalue weighted by Gasteiger charge is 2.35. The van der Waals surface area contributed by atoms with E-state index < -0.39 is 5.54 Å². The van der Waals surface area contributed by atoms with Crippen molar-refractivity contribution in [2.75, 3.05) is 33.4 Å². The number of nitrogens with zero attached hydrogens (tertiary/aromatic N) is 1. The summed E-state index contributed by atoms with van der Waals surface area (Å²) in [5, 5.41) is 0.614. The average molecular weight is 312 g/mol. The summed E-state index contributed by atoms with van der Waals surface area (Å²) in [6.45, 7) is 6.86. The molecular formula is C16H22ClNO3. The molecule has 1 aliphatic rings. The molecule has 0 radical (unpaired) electrons. The Labute approximate surface area is 131 Å². The van der Waals surface area contributed by atoms with Crippen molar-refractivity contribution in [2.45, 2.75) is 25.8 Å². The number of carbonyl (C=O) groups is 1. The summed E-state index contributed by atoms with van der Waals surface area (Å²) < 4.78 is 10.7. The van der Waals surface area contributed by atoms with E-state index in [1.165, 1.54) is 0 Å². The van der Waals surface area contributed by atoms with Crippen molar-refractivity contribution < 1.29 is 14.3 Å². The minimum atomic E-state index is -0.517. The van der Waals surface area contributed by atoms with Gasteiger partial charge in [-0.15, -0.1) is 0 Å². The standard InChI is InChI=1S/C16H22ClNO3/c1-16(2,18-6-8-21-9-7-18)15(19)11-12-10-13(17)4-5-14(12)20-3/h4-5,10H,6-9,11H2,1-3H3. The molecule has 0 aliphatic carbocycles. The second-order valence-corrected chi connectivity index (χ2v) is 6.15. The Hall–Kier alpha value is -1.10. The highest BCUT2D eigenvalue weighted by atomic mass is 35.5. The Balaban J connectivity index is 2.14. The minimum absolute atomic E-state index is 0.157. The Morgan fingerprint density at radius 1 is 1.38 bits per heavy atom. The highest BCUT2D eigenvalue weighted by molar-refractivity contribution is 6.30. The molecule has 0 spiro atoms. The Bertz CT molecular complexity index is 510. The maximum atomic E-state index is 12.7. The zero-order chi connectivity index (χ0) is 15.5. The quantitative estimate of drug-likeness (QED) is 0.838. The van der Waals surface area contributed by atoms with Crippen LogP contribution in [0.5, 0.6) is 5.75 Å². The summed E-state index contributed by atoms with van der Waals surface area (Å²) in [4.78, 5) is 14.9. The van der Waals surface area contributed by atoms with Crippen molar-refractivity contribution in [1.29, 1.82) is 0 Å². The summed E-state index contributed by atoms with van der Waals surface area (Å²) in [6.07, 6.45) is 0.314. The number of rotatable bonds is 5. The molecule has 21 heavy (non-hydrogen) atoms. The first-order chi connectivity index (χ1) is 9.95. The SMILES string of the molecule is COc1ccc(Cl)cc1CC(=O)C(C)(C)N1CCOCC1. The monoisotopic (exact) mass is 311 g/mol. The summed E-state index contributed by atoms with van der Waals surface area (Å²) >= 11 is 6.03. The second-order valence-electron chi connectivity index (χ2n) is 5.71. The van der Waals surface area contributed by atoms with E-state index in [2.05, 4.69) is 4.90 Å². The van der Waals surface area contributed by atoms with Crippen LogP contribution in [0.3, 0.4) is 0 Å². The lowest BCUT2D eigenvalue weighted by Gasteiger charge is -2.39. The third-order valence-corrected chi connectivity index (χ3v) is 4.31. The van der Waals surface area contributed by atoms with Crippen LogP contribution in [0.25, 0.3) is 0 Å². The normalized spacial score (nSPS) is 16.8. The summed E-state index contributed by atoms with van der Waals surface area (Å²) in [7, 11) is 1.60. The van der Waals surface area contributed by atoms with E-state index in [9.17, 15) is 4.79 Å². The van der Waals surface area contributed by atoms with Gasteiger partial charge < -0.3 is 9.47 Å². The first kappa shape index (κ1) is 16.3. The van der Waals surface area contributed by atoms with Crippen molar-refractivity contribution in [3.05, 3.63) is 28.8 Å². The van der Waals surface area contributed by atoms with Gasteiger partial charge in [-0.25, -0.2) is 0 Å². The van der Waals surface area contributed by atoms with E-state index in [0.717, 1.165) is 18.7 Å². The molecule has 0 N–H and O–H groups in total. The van der Waals surface area contributed by atoms with E-state index in [1.54, 1.807) is 25.3 Å². The fourth-order valence-corrected chi connectivity index (χ4v) is 2.77. The molecule has 116 valence electrons. The van der Waals surface area contributed by atoms with Gasteiger partial charge in [0.2, 0.25) is 0 Å². The van der Waals surface area contributed by atoms with E-state index in [1.807, 2.05) is 13.8 Å². The van der Waals surface area contributed by atoms with E-state index in [-0.39, 0.29) is 5.78 Å². The van der Waals surface area contributed by atoms with Gasteiger partial charge in [-0.1, -0.05) is 11.6 Å². The van der Waals surface area contributed by atoms with Crippen molar-refractivity contribution in [3.63, 3.8) is 0 Å². The topological polar surface area (TPSA) is 38.8 Å². The number of morpholine rings is 1. The zero-order valence-electron chi connectivity index (χ0n) is 12.8. The zero-order valence-corrected chi connectivity index (χ0v) is 13.6. The number of methoxy groups -OCH3 is 1. The van der Waals surface area contributed by atoms with Crippen molar-refractivity contribution in [1.82, 2.24) is 4.90 Å². The number of hydrogen-bond donors (Lipinski definition) is 0. The molecule has 1 aromatic rings. The van der Waals surface area contributed by atoms with Crippen LogP contribution in [-0.4, -0.2) is 49.6 Å². The maximum absolute atomic E-state index is 12.7. The maximum Gasteiger partial charge on any atom is 0.157 e. The van der Waals surface area contributed by atoms with Gasteiger partial charge in [0.1, 0.15) is 5.75 Å². The lowest BCUT2D eigenvalue weighted by Crippen LogP contribution is -2.54. The smallest absolute Gasteiger partial charge is 0.157 e. The number of ketones is 1. The number of hydrogen-bond acceptors (Lipinski definition) is 4. The Morgan fingerprint density at radius 3 is 2.67 bits per heavy atom. The fourth-order valence-electron chi connectivity index (χ4n) is 2.57. The van der Waals surface area contributed by atoms with E-state index in [0.29, 0.717) is 30.4 Å². The minimum Gasteiger partial charge on any atom is -0.496 e. The van der Waals surface area contributed by atoms with E-state index in [4.69, 9.17) is 21.1 Å². The predicted molar refractivity (Wildman–Crippen MR) is 83.2 cm³/mol. The van der Waals surface area contributed by atoms with Crippen LogP contribution in [0, 0.1) is 0 Å². The molecule has 0 unspecified atom stereocenters. The molecular weight excluding hydrogens is 290 g/mol. The molecule has 5 heteroatoms. The van der Waals surface area contributed by atoms with Crippen LogP contribution in [0.2, 0.25) is 5.02 Å². The largest absolute Gasteiger partial charge is 0.496 e. The molecule has 4 nitrogen and oxygen atoms in total.